The van der Waals surface area contributed by atoms with Crippen LogP contribution in [0.15, 0.2) is 35.2 Å². The number of amides is 1. The van der Waals surface area contributed by atoms with Gasteiger partial charge in [0.2, 0.25) is 5.91 Å². The maximum atomic E-state index is 11.9. The maximum Gasteiger partial charge on any atom is 0.326 e. The van der Waals surface area contributed by atoms with E-state index in [9.17, 15) is 18.0 Å². The molecule has 1 rings (SSSR count). The number of nitrogens with one attached hydrogen (secondary N) is 1. The molecule has 1 aromatic carbocycles. The molecular weight excluding hydrogens is 282 g/mol. The van der Waals surface area contributed by atoms with E-state index in [1.54, 1.807) is 25.1 Å². The highest BCUT2D eigenvalue weighted by Crippen LogP contribution is 2.11. The van der Waals surface area contributed by atoms with Crippen LogP contribution in [0.5, 0.6) is 0 Å². The summed E-state index contributed by atoms with van der Waals surface area (Å²) in [4.78, 5) is 22.5. The van der Waals surface area contributed by atoms with Crippen LogP contribution in [0.25, 0.3) is 0 Å². The third kappa shape index (κ3) is 4.65. The second-order valence-electron chi connectivity index (χ2n) is 4.25. The molecule has 0 aliphatic rings. The lowest BCUT2D eigenvalue weighted by Crippen LogP contribution is -2.40. The fourth-order valence-electron chi connectivity index (χ4n) is 1.58. The molecule has 0 saturated carbocycles. The maximum absolute atomic E-state index is 11.9. The van der Waals surface area contributed by atoms with Gasteiger partial charge in [-0.15, -0.1) is 0 Å². The van der Waals surface area contributed by atoms with E-state index in [0.717, 1.165) is 0 Å². The number of benzene rings is 1. The summed E-state index contributed by atoms with van der Waals surface area (Å²) in [5.74, 6) is -2.07. The van der Waals surface area contributed by atoms with Crippen molar-refractivity contribution in [2.45, 2.75) is 30.7 Å². The summed E-state index contributed by atoms with van der Waals surface area (Å²) in [5, 5.41) is 11.1. The van der Waals surface area contributed by atoms with Gasteiger partial charge in [-0.1, -0.05) is 25.1 Å². The first kappa shape index (κ1) is 16.2. The number of aliphatic carboxylic acids is 1. The largest absolute Gasteiger partial charge is 0.480 e. The summed E-state index contributed by atoms with van der Waals surface area (Å²) >= 11 is 0. The molecule has 1 aromatic rings. The SMILES string of the molecule is CC[C@@H](NC(=O)CCS(=O)(=O)c1ccccc1)C(=O)O. The van der Waals surface area contributed by atoms with Gasteiger partial charge in [-0.3, -0.25) is 4.79 Å². The van der Waals surface area contributed by atoms with Crippen LogP contribution in [0.2, 0.25) is 0 Å². The lowest BCUT2D eigenvalue weighted by molar-refractivity contribution is -0.141. The van der Waals surface area contributed by atoms with Crippen LogP contribution in [0.1, 0.15) is 19.8 Å². The van der Waals surface area contributed by atoms with E-state index < -0.39 is 27.8 Å². The topological polar surface area (TPSA) is 101 Å². The van der Waals surface area contributed by atoms with Crippen molar-refractivity contribution in [3.8, 4) is 0 Å². The van der Waals surface area contributed by atoms with E-state index in [2.05, 4.69) is 5.32 Å². The van der Waals surface area contributed by atoms with Crippen molar-refractivity contribution in [2.75, 3.05) is 5.75 Å². The van der Waals surface area contributed by atoms with Crippen LogP contribution < -0.4 is 5.32 Å². The summed E-state index contributed by atoms with van der Waals surface area (Å²) in [5.41, 5.74) is 0. The summed E-state index contributed by atoms with van der Waals surface area (Å²) in [6.07, 6.45) is -0.0203. The number of rotatable bonds is 7. The summed E-state index contributed by atoms with van der Waals surface area (Å²) < 4.78 is 23.9. The second-order valence-corrected chi connectivity index (χ2v) is 6.36. The Bertz CT molecular complexity index is 568. The monoisotopic (exact) mass is 299 g/mol. The van der Waals surface area contributed by atoms with E-state index in [4.69, 9.17) is 5.11 Å². The lowest BCUT2D eigenvalue weighted by atomic mass is 10.2. The Kier molecular flexibility index (Phi) is 5.69. The number of sulfone groups is 1. The molecule has 1 atom stereocenters. The first-order valence-electron chi connectivity index (χ1n) is 6.16. The number of carboxylic acids is 1. The van der Waals surface area contributed by atoms with Gasteiger partial charge in [0.05, 0.1) is 10.6 Å². The molecule has 0 fully saturated rings. The molecule has 0 saturated heterocycles. The highest BCUT2D eigenvalue weighted by molar-refractivity contribution is 7.91. The van der Waals surface area contributed by atoms with Gasteiger partial charge in [0.1, 0.15) is 6.04 Å². The molecule has 2 N–H and O–H groups in total. The number of hydrogen-bond donors (Lipinski definition) is 2. The van der Waals surface area contributed by atoms with E-state index in [-0.39, 0.29) is 23.5 Å². The zero-order valence-electron chi connectivity index (χ0n) is 11.1. The Labute approximate surface area is 117 Å². The smallest absolute Gasteiger partial charge is 0.326 e. The predicted octanol–water partition coefficient (Wildman–Crippen LogP) is 0.830. The molecular formula is C13H17NO5S. The third-order valence-electron chi connectivity index (χ3n) is 2.74. The zero-order valence-corrected chi connectivity index (χ0v) is 11.9. The molecule has 0 aliphatic heterocycles. The van der Waals surface area contributed by atoms with Gasteiger partial charge in [-0.2, -0.15) is 0 Å². The molecule has 0 bridgehead atoms. The van der Waals surface area contributed by atoms with Crippen LogP contribution in [0, 0.1) is 0 Å². The number of hydrogen-bond acceptors (Lipinski definition) is 4. The van der Waals surface area contributed by atoms with Gasteiger partial charge in [0.25, 0.3) is 0 Å². The Balaban J connectivity index is 2.59. The fraction of sp³-hybridized carbons (Fsp3) is 0.385. The average molecular weight is 299 g/mol. The van der Waals surface area contributed by atoms with Crippen LogP contribution in [0.3, 0.4) is 0 Å². The number of carbonyl (C=O) groups excluding carboxylic acids is 1. The summed E-state index contributed by atoms with van der Waals surface area (Å²) in [6, 6.07) is 6.83. The third-order valence-corrected chi connectivity index (χ3v) is 4.47. The van der Waals surface area contributed by atoms with Crippen molar-refractivity contribution in [3.05, 3.63) is 30.3 Å². The quantitative estimate of drug-likeness (QED) is 0.776. The Morgan fingerprint density at radius 3 is 2.35 bits per heavy atom. The number of carboxylic acid groups (broad SMARTS) is 1. The molecule has 20 heavy (non-hydrogen) atoms. The van der Waals surface area contributed by atoms with E-state index in [1.807, 2.05) is 0 Å². The van der Waals surface area contributed by atoms with Crippen molar-refractivity contribution in [1.29, 1.82) is 0 Å². The van der Waals surface area contributed by atoms with Gasteiger partial charge in [0, 0.05) is 6.42 Å². The Morgan fingerprint density at radius 2 is 1.85 bits per heavy atom. The molecule has 1 amide bonds. The predicted molar refractivity (Wildman–Crippen MR) is 73.0 cm³/mol. The molecule has 7 heteroatoms. The molecule has 0 unspecified atom stereocenters. The average Bonchev–Trinajstić information content (AvgIpc) is 2.43. The van der Waals surface area contributed by atoms with E-state index >= 15 is 0 Å². The minimum atomic E-state index is -3.53. The molecule has 0 radical (unpaired) electrons. The first-order valence-corrected chi connectivity index (χ1v) is 7.82. The van der Waals surface area contributed by atoms with Crippen molar-refractivity contribution in [3.63, 3.8) is 0 Å². The first-order chi connectivity index (χ1) is 9.36. The number of carbonyl (C=O) groups is 2. The van der Waals surface area contributed by atoms with Gasteiger partial charge < -0.3 is 10.4 Å². The minimum absolute atomic E-state index is 0.151. The van der Waals surface area contributed by atoms with E-state index in [0.29, 0.717) is 0 Å². The van der Waals surface area contributed by atoms with Gasteiger partial charge in [-0.05, 0) is 18.6 Å². The standard InChI is InChI=1S/C13H17NO5S/c1-2-11(13(16)17)14-12(15)8-9-20(18,19)10-6-4-3-5-7-10/h3-7,11H,2,8-9H2,1H3,(H,14,15)(H,16,17)/t11-/m1/s1. The molecule has 110 valence electrons. The molecule has 0 aromatic heterocycles. The Morgan fingerprint density at radius 1 is 1.25 bits per heavy atom. The lowest BCUT2D eigenvalue weighted by Gasteiger charge is -2.12. The minimum Gasteiger partial charge on any atom is -0.480 e. The Hall–Kier alpha value is -1.89. The normalized spacial score (nSPS) is 12.7. The highest BCUT2D eigenvalue weighted by Gasteiger charge is 2.20. The van der Waals surface area contributed by atoms with Crippen LogP contribution >= 0.6 is 0 Å². The van der Waals surface area contributed by atoms with Crippen molar-refractivity contribution in [1.82, 2.24) is 5.32 Å². The van der Waals surface area contributed by atoms with Crippen LogP contribution in [-0.4, -0.2) is 37.2 Å². The van der Waals surface area contributed by atoms with Crippen molar-refractivity contribution >= 4 is 21.7 Å². The fourth-order valence-corrected chi connectivity index (χ4v) is 2.84. The summed E-state index contributed by atoms with van der Waals surface area (Å²) in [6.45, 7) is 1.62. The molecule has 0 heterocycles. The van der Waals surface area contributed by atoms with Gasteiger partial charge in [0.15, 0.2) is 9.84 Å². The van der Waals surface area contributed by atoms with Crippen LogP contribution in [-0.2, 0) is 19.4 Å². The van der Waals surface area contributed by atoms with Gasteiger partial charge >= 0.3 is 5.97 Å². The second kappa shape index (κ2) is 7.04. The van der Waals surface area contributed by atoms with E-state index in [1.165, 1.54) is 12.1 Å². The molecule has 0 aliphatic carbocycles. The molecule has 0 spiro atoms. The summed E-state index contributed by atoms with van der Waals surface area (Å²) in [7, 11) is -3.53. The zero-order chi connectivity index (χ0) is 15.2. The van der Waals surface area contributed by atoms with Crippen molar-refractivity contribution in [2.24, 2.45) is 0 Å². The molecule has 6 nitrogen and oxygen atoms in total. The van der Waals surface area contributed by atoms with Crippen molar-refractivity contribution < 1.29 is 23.1 Å². The highest BCUT2D eigenvalue weighted by atomic mass is 32.2. The van der Waals surface area contributed by atoms with Crippen LogP contribution in [0.4, 0.5) is 0 Å². The van der Waals surface area contributed by atoms with Gasteiger partial charge in [-0.25, -0.2) is 13.2 Å².